The monoisotopic (exact) mass is 279 g/mol. The maximum absolute atomic E-state index is 4.72. The van der Waals surface area contributed by atoms with Crippen LogP contribution in [0.4, 0.5) is 5.82 Å². The SMILES string of the molecule is CCNc1cc(-n2ncc3ccccc32)nc(C2CC2)n1. The van der Waals surface area contributed by atoms with Gasteiger partial charge in [0, 0.05) is 23.9 Å². The molecule has 106 valence electrons. The third-order valence-electron chi connectivity index (χ3n) is 3.72. The minimum atomic E-state index is 0.518. The van der Waals surface area contributed by atoms with Gasteiger partial charge >= 0.3 is 0 Å². The van der Waals surface area contributed by atoms with Crippen LogP contribution in [0.3, 0.4) is 0 Å². The van der Waals surface area contributed by atoms with Gasteiger partial charge in [0.25, 0.3) is 0 Å². The maximum atomic E-state index is 4.72. The zero-order chi connectivity index (χ0) is 14.2. The van der Waals surface area contributed by atoms with Crippen LogP contribution in [0.2, 0.25) is 0 Å². The fourth-order valence-corrected chi connectivity index (χ4v) is 2.51. The van der Waals surface area contributed by atoms with E-state index in [1.165, 1.54) is 12.8 Å². The molecule has 1 fully saturated rings. The lowest BCUT2D eigenvalue weighted by Gasteiger charge is -2.09. The summed E-state index contributed by atoms with van der Waals surface area (Å²) in [5.41, 5.74) is 1.07. The molecule has 1 aliphatic rings. The van der Waals surface area contributed by atoms with Gasteiger partial charge in [-0.25, -0.2) is 14.6 Å². The van der Waals surface area contributed by atoms with Crippen molar-refractivity contribution in [3.63, 3.8) is 0 Å². The van der Waals surface area contributed by atoms with Crippen LogP contribution in [0.15, 0.2) is 36.5 Å². The second kappa shape index (κ2) is 4.84. The Morgan fingerprint density at radius 3 is 2.90 bits per heavy atom. The Hall–Kier alpha value is -2.43. The molecule has 5 heteroatoms. The van der Waals surface area contributed by atoms with Crippen molar-refractivity contribution in [2.75, 3.05) is 11.9 Å². The Morgan fingerprint density at radius 2 is 2.10 bits per heavy atom. The van der Waals surface area contributed by atoms with Crippen LogP contribution in [0, 0.1) is 0 Å². The predicted octanol–water partition coefficient (Wildman–Crippen LogP) is 3.12. The van der Waals surface area contributed by atoms with E-state index >= 15 is 0 Å². The number of anilines is 1. The number of benzene rings is 1. The zero-order valence-corrected chi connectivity index (χ0v) is 12.0. The molecule has 1 N–H and O–H groups in total. The van der Waals surface area contributed by atoms with Crippen molar-refractivity contribution < 1.29 is 0 Å². The smallest absolute Gasteiger partial charge is 0.159 e. The van der Waals surface area contributed by atoms with E-state index in [0.29, 0.717) is 5.92 Å². The van der Waals surface area contributed by atoms with E-state index in [9.17, 15) is 0 Å². The first kappa shape index (κ1) is 12.3. The lowest BCUT2D eigenvalue weighted by molar-refractivity contribution is 0.828. The summed E-state index contributed by atoms with van der Waals surface area (Å²) in [6.45, 7) is 2.92. The first-order valence-corrected chi connectivity index (χ1v) is 7.41. The first-order valence-electron chi connectivity index (χ1n) is 7.41. The Labute approximate surface area is 123 Å². The Bertz CT molecular complexity index is 788. The molecule has 3 aromatic rings. The molecule has 1 aliphatic carbocycles. The van der Waals surface area contributed by atoms with Crippen LogP contribution < -0.4 is 5.32 Å². The summed E-state index contributed by atoms with van der Waals surface area (Å²) in [7, 11) is 0. The largest absolute Gasteiger partial charge is 0.370 e. The number of para-hydroxylation sites is 1. The van der Waals surface area contributed by atoms with Crippen molar-refractivity contribution in [3.05, 3.63) is 42.4 Å². The molecule has 0 amide bonds. The summed E-state index contributed by atoms with van der Waals surface area (Å²) in [4.78, 5) is 9.33. The first-order chi connectivity index (χ1) is 10.3. The molecule has 1 aromatic carbocycles. The Balaban J connectivity index is 1.86. The lowest BCUT2D eigenvalue weighted by Crippen LogP contribution is -2.08. The summed E-state index contributed by atoms with van der Waals surface area (Å²) in [6.07, 6.45) is 4.25. The Morgan fingerprint density at radius 1 is 1.24 bits per heavy atom. The molecule has 5 nitrogen and oxygen atoms in total. The van der Waals surface area contributed by atoms with Crippen molar-refractivity contribution in [2.45, 2.75) is 25.7 Å². The van der Waals surface area contributed by atoms with Gasteiger partial charge in [-0.2, -0.15) is 5.10 Å². The van der Waals surface area contributed by atoms with Crippen LogP contribution in [0.1, 0.15) is 31.5 Å². The summed E-state index contributed by atoms with van der Waals surface area (Å²) >= 11 is 0. The summed E-state index contributed by atoms with van der Waals surface area (Å²) in [5.74, 6) is 3.17. The van der Waals surface area contributed by atoms with Crippen molar-refractivity contribution in [1.82, 2.24) is 19.7 Å². The maximum Gasteiger partial charge on any atom is 0.159 e. The fourth-order valence-electron chi connectivity index (χ4n) is 2.51. The minimum Gasteiger partial charge on any atom is -0.370 e. The van der Waals surface area contributed by atoms with E-state index in [4.69, 9.17) is 4.98 Å². The third-order valence-corrected chi connectivity index (χ3v) is 3.72. The number of hydrogen-bond acceptors (Lipinski definition) is 4. The molecule has 0 radical (unpaired) electrons. The molecule has 2 aromatic heterocycles. The molecule has 0 aliphatic heterocycles. The highest BCUT2D eigenvalue weighted by Gasteiger charge is 2.27. The van der Waals surface area contributed by atoms with Crippen molar-refractivity contribution in [1.29, 1.82) is 0 Å². The van der Waals surface area contributed by atoms with E-state index in [1.54, 1.807) is 0 Å². The molecular weight excluding hydrogens is 262 g/mol. The van der Waals surface area contributed by atoms with Crippen molar-refractivity contribution >= 4 is 16.7 Å². The van der Waals surface area contributed by atoms with Gasteiger partial charge in [-0.05, 0) is 25.8 Å². The second-order valence-corrected chi connectivity index (χ2v) is 5.39. The molecule has 1 saturated carbocycles. The molecule has 4 rings (SSSR count). The van der Waals surface area contributed by atoms with Crippen LogP contribution in [-0.2, 0) is 0 Å². The number of fused-ring (bicyclic) bond motifs is 1. The van der Waals surface area contributed by atoms with Gasteiger partial charge in [0.15, 0.2) is 5.82 Å². The standard InChI is InChI=1S/C16H17N5/c1-2-17-14-9-15(20-16(19-14)11-7-8-11)21-13-6-4-3-5-12(13)10-18-21/h3-6,9-11H,2,7-8H2,1H3,(H,17,19,20). The van der Waals surface area contributed by atoms with Crippen LogP contribution >= 0.6 is 0 Å². The highest BCUT2D eigenvalue weighted by atomic mass is 15.3. The van der Waals surface area contributed by atoms with Gasteiger partial charge in [-0.15, -0.1) is 0 Å². The quantitative estimate of drug-likeness (QED) is 0.797. The fraction of sp³-hybridized carbons (Fsp3) is 0.312. The van der Waals surface area contributed by atoms with Gasteiger partial charge in [-0.1, -0.05) is 18.2 Å². The zero-order valence-electron chi connectivity index (χ0n) is 12.0. The lowest BCUT2D eigenvalue weighted by atomic mass is 10.2. The molecule has 0 bridgehead atoms. The average molecular weight is 279 g/mol. The van der Waals surface area contributed by atoms with Crippen molar-refractivity contribution in [3.8, 4) is 5.82 Å². The van der Waals surface area contributed by atoms with Gasteiger partial charge < -0.3 is 5.32 Å². The van der Waals surface area contributed by atoms with E-state index in [2.05, 4.69) is 34.5 Å². The summed E-state index contributed by atoms with van der Waals surface area (Å²) in [5, 5.41) is 8.89. The highest BCUT2D eigenvalue weighted by molar-refractivity contribution is 5.79. The van der Waals surface area contributed by atoms with Crippen LogP contribution in [-0.4, -0.2) is 26.3 Å². The minimum absolute atomic E-state index is 0.518. The van der Waals surface area contributed by atoms with Crippen molar-refractivity contribution in [2.24, 2.45) is 0 Å². The van der Waals surface area contributed by atoms with Gasteiger partial charge in [0.2, 0.25) is 0 Å². The Kier molecular flexibility index (Phi) is 2.84. The normalized spacial score (nSPS) is 14.5. The number of hydrogen-bond donors (Lipinski definition) is 1. The van der Waals surface area contributed by atoms with E-state index < -0.39 is 0 Å². The molecule has 0 atom stereocenters. The van der Waals surface area contributed by atoms with Gasteiger partial charge in [0.1, 0.15) is 11.6 Å². The highest BCUT2D eigenvalue weighted by Crippen LogP contribution is 2.38. The molecule has 0 spiro atoms. The average Bonchev–Trinajstić information content (AvgIpc) is 3.27. The molecular formula is C16H17N5. The van der Waals surface area contributed by atoms with Gasteiger partial charge in [-0.3, -0.25) is 0 Å². The van der Waals surface area contributed by atoms with E-state index in [-0.39, 0.29) is 0 Å². The number of rotatable bonds is 4. The molecule has 0 unspecified atom stereocenters. The van der Waals surface area contributed by atoms with Crippen LogP contribution in [0.25, 0.3) is 16.7 Å². The number of nitrogens with one attached hydrogen (secondary N) is 1. The van der Waals surface area contributed by atoms with E-state index in [0.717, 1.165) is 34.9 Å². The van der Waals surface area contributed by atoms with Crippen LogP contribution in [0.5, 0.6) is 0 Å². The van der Waals surface area contributed by atoms with E-state index in [1.807, 2.05) is 29.1 Å². The number of nitrogens with zero attached hydrogens (tertiary/aromatic N) is 4. The molecule has 0 saturated heterocycles. The summed E-state index contributed by atoms with van der Waals surface area (Å²) < 4.78 is 1.89. The number of aromatic nitrogens is 4. The molecule has 21 heavy (non-hydrogen) atoms. The third kappa shape index (κ3) is 2.24. The second-order valence-electron chi connectivity index (χ2n) is 5.39. The predicted molar refractivity (Wildman–Crippen MR) is 82.8 cm³/mol. The van der Waals surface area contributed by atoms with Gasteiger partial charge in [0.05, 0.1) is 11.7 Å². The molecule has 2 heterocycles. The summed E-state index contributed by atoms with van der Waals surface area (Å²) in [6, 6.07) is 10.1. The topological polar surface area (TPSA) is 55.6 Å².